The summed E-state index contributed by atoms with van der Waals surface area (Å²) in [6.45, 7) is 10.1. The Balaban J connectivity index is 2.23. The molecule has 1 N–H and O–H groups in total. The van der Waals surface area contributed by atoms with Crippen LogP contribution < -0.4 is 5.32 Å². The van der Waals surface area contributed by atoms with Crippen molar-refractivity contribution in [2.75, 3.05) is 26.7 Å². The molecule has 2 nitrogen and oxygen atoms in total. The molecule has 0 amide bonds. The SMILES string of the molecule is C=C(CNCC)CN(C)Cc1cccs1. The van der Waals surface area contributed by atoms with Gasteiger partial charge in [0.2, 0.25) is 0 Å². The number of thiophene rings is 1. The highest BCUT2D eigenvalue weighted by molar-refractivity contribution is 7.09. The summed E-state index contributed by atoms with van der Waals surface area (Å²) in [4.78, 5) is 3.71. The molecule has 0 atom stereocenters. The summed E-state index contributed by atoms with van der Waals surface area (Å²) in [6, 6.07) is 4.27. The standard InChI is InChI=1S/C12H20N2S/c1-4-13-8-11(2)9-14(3)10-12-6-5-7-15-12/h5-7,13H,2,4,8-10H2,1,3H3. The van der Waals surface area contributed by atoms with E-state index in [0.717, 1.165) is 26.2 Å². The fourth-order valence-electron chi connectivity index (χ4n) is 1.46. The number of rotatable bonds is 7. The molecule has 0 spiro atoms. The minimum absolute atomic E-state index is 0.922. The van der Waals surface area contributed by atoms with Crippen LogP contribution in [0.3, 0.4) is 0 Å². The van der Waals surface area contributed by atoms with Crippen molar-refractivity contribution in [2.45, 2.75) is 13.5 Å². The molecule has 1 aromatic heterocycles. The van der Waals surface area contributed by atoms with Gasteiger partial charge in [0.25, 0.3) is 0 Å². The van der Waals surface area contributed by atoms with Gasteiger partial charge in [-0.3, -0.25) is 4.90 Å². The van der Waals surface area contributed by atoms with E-state index in [1.807, 2.05) is 11.3 Å². The normalized spacial score (nSPS) is 10.9. The Hall–Kier alpha value is -0.640. The molecule has 3 heteroatoms. The van der Waals surface area contributed by atoms with Crippen LogP contribution in [0.5, 0.6) is 0 Å². The van der Waals surface area contributed by atoms with E-state index in [-0.39, 0.29) is 0 Å². The predicted octanol–water partition coefficient (Wildman–Crippen LogP) is 2.35. The van der Waals surface area contributed by atoms with Crippen molar-refractivity contribution in [3.8, 4) is 0 Å². The zero-order valence-electron chi connectivity index (χ0n) is 9.62. The second-order valence-electron chi connectivity index (χ2n) is 3.78. The lowest BCUT2D eigenvalue weighted by atomic mass is 10.3. The van der Waals surface area contributed by atoms with Crippen LogP contribution in [0.25, 0.3) is 0 Å². The highest BCUT2D eigenvalue weighted by Gasteiger charge is 2.02. The van der Waals surface area contributed by atoms with Crippen molar-refractivity contribution in [3.05, 3.63) is 34.5 Å². The van der Waals surface area contributed by atoms with Crippen LogP contribution in [-0.2, 0) is 6.54 Å². The maximum Gasteiger partial charge on any atom is 0.0328 e. The lowest BCUT2D eigenvalue weighted by Crippen LogP contribution is -2.25. The summed E-state index contributed by atoms with van der Waals surface area (Å²) >= 11 is 1.81. The number of nitrogens with zero attached hydrogens (tertiary/aromatic N) is 1. The lowest BCUT2D eigenvalue weighted by molar-refractivity contribution is 0.355. The average molecular weight is 224 g/mol. The van der Waals surface area contributed by atoms with E-state index in [0.29, 0.717) is 0 Å². The molecular weight excluding hydrogens is 204 g/mol. The molecule has 0 unspecified atom stereocenters. The van der Waals surface area contributed by atoms with Crippen molar-refractivity contribution < 1.29 is 0 Å². The van der Waals surface area contributed by atoms with Gasteiger partial charge in [-0.05, 0) is 30.6 Å². The van der Waals surface area contributed by atoms with Crippen LogP contribution in [0.4, 0.5) is 0 Å². The zero-order valence-corrected chi connectivity index (χ0v) is 10.4. The third-order valence-electron chi connectivity index (χ3n) is 2.12. The molecule has 0 aliphatic heterocycles. The Morgan fingerprint density at radius 2 is 2.40 bits per heavy atom. The van der Waals surface area contributed by atoms with Crippen molar-refractivity contribution in [1.82, 2.24) is 10.2 Å². The van der Waals surface area contributed by atoms with Crippen molar-refractivity contribution in [3.63, 3.8) is 0 Å². The Labute approximate surface area is 96.6 Å². The predicted molar refractivity (Wildman–Crippen MR) is 68.3 cm³/mol. The van der Waals surface area contributed by atoms with E-state index in [1.54, 1.807) is 0 Å². The topological polar surface area (TPSA) is 15.3 Å². The molecule has 1 rings (SSSR count). The van der Waals surface area contributed by atoms with Crippen molar-refractivity contribution in [1.29, 1.82) is 0 Å². The Bertz CT molecular complexity index is 280. The molecule has 0 saturated heterocycles. The smallest absolute Gasteiger partial charge is 0.0328 e. The minimum Gasteiger partial charge on any atom is -0.313 e. The Kier molecular flexibility index (Phi) is 5.61. The first-order valence-corrected chi connectivity index (χ1v) is 6.18. The first kappa shape index (κ1) is 12.4. The summed E-state index contributed by atoms with van der Waals surface area (Å²) in [5.41, 5.74) is 1.25. The molecule has 1 heterocycles. The summed E-state index contributed by atoms with van der Waals surface area (Å²) in [5, 5.41) is 5.41. The van der Waals surface area contributed by atoms with Gasteiger partial charge >= 0.3 is 0 Å². The largest absolute Gasteiger partial charge is 0.313 e. The molecule has 84 valence electrons. The molecule has 0 aromatic carbocycles. The highest BCUT2D eigenvalue weighted by Crippen LogP contribution is 2.11. The van der Waals surface area contributed by atoms with Crippen LogP contribution in [-0.4, -0.2) is 31.6 Å². The summed E-state index contributed by atoms with van der Waals surface area (Å²) < 4.78 is 0. The van der Waals surface area contributed by atoms with Gasteiger partial charge in [-0.15, -0.1) is 11.3 Å². The van der Waals surface area contributed by atoms with Gasteiger partial charge in [-0.1, -0.05) is 19.6 Å². The Morgan fingerprint density at radius 1 is 1.60 bits per heavy atom. The van der Waals surface area contributed by atoms with E-state index in [1.165, 1.54) is 10.5 Å². The summed E-state index contributed by atoms with van der Waals surface area (Å²) in [5.74, 6) is 0. The fourth-order valence-corrected chi connectivity index (χ4v) is 2.25. The quantitative estimate of drug-likeness (QED) is 0.715. The maximum absolute atomic E-state index is 4.06. The lowest BCUT2D eigenvalue weighted by Gasteiger charge is -2.17. The van der Waals surface area contributed by atoms with Gasteiger partial charge in [0.05, 0.1) is 0 Å². The van der Waals surface area contributed by atoms with Gasteiger partial charge in [-0.25, -0.2) is 0 Å². The molecule has 0 radical (unpaired) electrons. The van der Waals surface area contributed by atoms with Gasteiger partial charge in [0.15, 0.2) is 0 Å². The minimum atomic E-state index is 0.922. The fraction of sp³-hybridized carbons (Fsp3) is 0.500. The van der Waals surface area contributed by atoms with Crippen LogP contribution in [0.1, 0.15) is 11.8 Å². The van der Waals surface area contributed by atoms with Gasteiger partial charge in [0.1, 0.15) is 0 Å². The molecule has 0 aliphatic carbocycles. The monoisotopic (exact) mass is 224 g/mol. The summed E-state index contributed by atoms with van der Waals surface area (Å²) in [7, 11) is 2.14. The zero-order chi connectivity index (χ0) is 11.1. The first-order valence-electron chi connectivity index (χ1n) is 5.30. The number of hydrogen-bond donors (Lipinski definition) is 1. The van der Waals surface area contributed by atoms with E-state index in [4.69, 9.17) is 0 Å². The number of likely N-dealkylation sites (N-methyl/N-ethyl adjacent to an activating group) is 2. The third-order valence-corrected chi connectivity index (χ3v) is 2.99. The van der Waals surface area contributed by atoms with Crippen LogP contribution in [0, 0.1) is 0 Å². The van der Waals surface area contributed by atoms with Crippen LogP contribution in [0.2, 0.25) is 0 Å². The molecular formula is C12H20N2S. The second kappa shape index (κ2) is 6.77. The van der Waals surface area contributed by atoms with Crippen LogP contribution >= 0.6 is 11.3 Å². The van der Waals surface area contributed by atoms with E-state index in [9.17, 15) is 0 Å². The highest BCUT2D eigenvalue weighted by atomic mass is 32.1. The first-order chi connectivity index (χ1) is 7.22. The molecule has 0 saturated carbocycles. The van der Waals surface area contributed by atoms with E-state index < -0.39 is 0 Å². The van der Waals surface area contributed by atoms with Gasteiger partial charge in [-0.2, -0.15) is 0 Å². The van der Waals surface area contributed by atoms with Crippen LogP contribution in [0.15, 0.2) is 29.7 Å². The molecule has 0 aliphatic rings. The van der Waals surface area contributed by atoms with E-state index >= 15 is 0 Å². The van der Waals surface area contributed by atoms with E-state index in [2.05, 4.69) is 48.3 Å². The average Bonchev–Trinajstić information content (AvgIpc) is 2.67. The van der Waals surface area contributed by atoms with Crippen molar-refractivity contribution >= 4 is 11.3 Å². The molecule has 1 aromatic rings. The molecule has 15 heavy (non-hydrogen) atoms. The number of hydrogen-bond acceptors (Lipinski definition) is 3. The molecule has 0 fully saturated rings. The third kappa shape index (κ3) is 5.11. The van der Waals surface area contributed by atoms with Gasteiger partial charge < -0.3 is 5.32 Å². The van der Waals surface area contributed by atoms with Gasteiger partial charge in [0, 0.05) is 24.5 Å². The summed E-state index contributed by atoms with van der Waals surface area (Å²) in [6.07, 6.45) is 0. The maximum atomic E-state index is 4.06. The Morgan fingerprint density at radius 3 is 3.00 bits per heavy atom. The number of nitrogens with one attached hydrogen (secondary N) is 1. The second-order valence-corrected chi connectivity index (χ2v) is 4.81. The van der Waals surface area contributed by atoms with Crippen molar-refractivity contribution in [2.24, 2.45) is 0 Å². The molecule has 0 bridgehead atoms.